The van der Waals surface area contributed by atoms with Crippen LogP contribution in [0.25, 0.3) is 0 Å². The summed E-state index contributed by atoms with van der Waals surface area (Å²) in [7, 11) is 0. The zero-order valence-electron chi connectivity index (χ0n) is 10.9. The molecule has 3 nitrogen and oxygen atoms in total. The van der Waals surface area contributed by atoms with E-state index in [4.69, 9.17) is 0 Å². The largest absolute Gasteiger partial charge is 0.342 e. The summed E-state index contributed by atoms with van der Waals surface area (Å²) >= 11 is 0. The molecule has 1 amide bonds. The highest BCUT2D eigenvalue weighted by Gasteiger charge is 2.11. The molecule has 1 aromatic rings. The number of benzene rings is 1. The summed E-state index contributed by atoms with van der Waals surface area (Å²) in [5.41, 5.74) is 1.21. The second-order valence-electron chi connectivity index (χ2n) is 4.08. The van der Waals surface area contributed by atoms with Crippen molar-refractivity contribution in [1.82, 2.24) is 10.2 Å². The molecular weight excluding hydrogens is 212 g/mol. The van der Waals surface area contributed by atoms with Gasteiger partial charge in [0.25, 0.3) is 0 Å². The fourth-order valence-electron chi connectivity index (χ4n) is 1.79. The highest BCUT2D eigenvalue weighted by Crippen LogP contribution is 2.10. The highest BCUT2D eigenvalue weighted by atomic mass is 16.2. The quantitative estimate of drug-likeness (QED) is 0.818. The second-order valence-corrected chi connectivity index (χ2v) is 4.08. The molecule has 0 heterocycles. The molecule has 1 N–H and O–H groups in total. The molecule has 0 aliphatic heterocycles. The van der Waals surface area contributed by atoms with E-state index < -0.39 is 0 Å². The summed E-state index contributed by atoms with van der Waals surface area (Å²) in [5.74, 6) is 0.165. The summed E-state index contributed by atoms with van der Waals surface area (Å²) in [5, 5.41) is 3.26. The van der Waals surface area contributed by atoms with Crippen LogP contribution >= 0.6 is 0 Å². The first-order chi connectivity index (χ1) is 8.19. The minimum Gasteiger partial charge on any atom is -0.342 e. The molecule has 0 radical (unpaired) electrons. The highest BCUT2D eigenvalue weighted by molar-refractivity contribution is 5.78. The Morgan fingerprint density at radius 3 is 2.35 bits per heavy atom. The van der Waals surface area contributed by atoms with E-state index in [0.717, 1.165) is 13.1 Å². The Hall–Kier alpha value is -1.35. The van der Waals surface area contributed by atoms with Crippen LogP contribution in [0.2, 0.25) is 0 Å². The SMILES string of the molecule is CCN(CC)C(=O)CNC(C)c1ccccc1. The molecule has 17 heavy (non-hydrogen) atoms. The lowest BCUT2D eigenvalue weighted by Crippen LogP contribution is -2.38. The normalized spacial score (nSPS) is 12.2. The maximum atomic E-state index is 11.8. The van der Waals surface area contributed by atoms with Gasteiger partial charge in [0.05, 0.1) is 6.54 Å². The summed E-state index contributed by atoms with van der Waals surface area (Å²) in [6, 6.07) is 10.4. The Balaban J connectivity index is 2.43. The van der Waals surface area contributed by atoms with Crippen LogP contribution in [0.15, 0.2) is 30.3 Å². The third-order valence-corrected chi connectivity index (χ3v) is 2.98. The molecule has 0 aromatic heterocycles. The standard InChI is InChI=1S/C14H22N2O/c1-4-16(5-2)14(17)11-15-12(3)13-9-7-6-8-10-13/h6-10,12,15H,4-5,11H2,1-3H3. The molecule has 94 valence electrons. The van der Waals surface area contributed by atoms with Crippen LogP contribution in [-0.4, -0.2) is 30.4 Å². The van der Waals surface area contributed by atoms with Gasteiger partial charge in [0.1, 0.15) is 0 Å². The summed E-state index contributed by atoms with van der Waals surface area (Å²) in [6.45, 7) is 8.03. The fourth-order valence-corrected chi connectivity index (χ4v) is 1.79. The molecule has 1 rings (SSSR count). The smallest absolute Gasteiger partial charge is 0.236 e. The van der Waals surface area contributed by atoms with Gasteiger partial charge in [-0.25, -0.2) is 0 Å². The maximum absolute atomic E-state index is 11.8. The van der Waals surface area contributed by atoms with Crippen LogP contribution in [0.5, 0.6) is 0 Å². The lowest BCUT2D eigenvalue weighted by Gasteiger charge is -2.20. The van der Waals surface area contributed by atoms with Crippen LogP contribution in [0, 0.1) is 0 Å². The number of nitrogens with one attached hydrogen (secondary N) is 1. The van der Waals surface area contributed by atoms with Gasteiger partial charge in [-0.3, -0.25) is 4.79 Å². The van der Waals surface area contributed by atoms with E-state index in [2.05, 4.69) is 24.4 Å². The second kappa shape index (κ2) is 7.07. The van der Waals surface area contributed by atoms with Gasteiger partial charge in [-0.15, -0.1) is 0 Å². The van der Waals surface area contributed by atoms with Gasteiger partial charge in [0.15, 0.2) is 0 Å². The Kier molecular flexibility index (Phi) is 5.70. The van der Waals surface area contributed by atoms with Crippen LogP contribution in [0.4, 0.5) is 0 Å². The zero-order valence-corrected chi connectivity index (χ0v) is 10.9. The van der Waals surface area contributed by atoms with Crippen molar-refractivity contribution in [2.45, 2.75) is 26.8 Å². The zero-order chi connectivity index (χ0) is 12.7. The Morgan fingerprint density at radius 1 is 1.24 bits per heavy atom. The van der Waals surface area contributed by atoms with Crippen molar-refractivity contribution in [1.29, 1.82) is 0 Å². The third-order valence-electron chi connectivity index (χ3n) is 2.98. The van der Waals surface area contributed by atoms with E-state index in [1.165, 1.54) is 5.56 Å². The van der Waals surface area contributed by atoms with Crippen molar-refractivity contribution in [3.63, 3.8) is 0 Å². The van der Waals surface area contributed by atoms with E-state index in [9.17, 15) is 4.79 Å². The summed E-state index contributed by atoms with van der Waals surface area (Å²) in [4.78, 5) is 13.6. The molecule has 0 spiro atoms. The lowest BCUT2D eigenvalue weighted by molar-refractivity contribution is -0.129. The summed E-state index contributed by atoms with van der Waals surface area (Å²) < 4.78 is 0. The molecule has 0 bridgehead atoms. The van der Waals surface area contributed by atoms with Gasteiger partial charge in [-0.1, -0.05) is 30.3 Å². The molecule has 0 saturated carbocycles. The topological polar surface area (TPSA) is 32.3 Å². The first-order valence-electron chi connectivity index (χ1n) is 6.25. The van der Waals surface area contributed by atoms with E-state index in [1.807, 2.05) is 36.9 Å². The molecule has 0 aliphatic carbocycles. The minimum atomic E-state index is 0.165. The molecule has 0 fully saturated rings. The number of nitrogens with zero attached hydrogens (tertiary/aromatic N) is 1. The molecule has 1 atom stereocenters. The van der Waals surface area contributed by atoms with E-state index in [1.54, 1.807) is 0 Å². The van der Waals surface area contributed by atoms with Gasteiger partial charge in [0, 0.05) is 19.1 Å². The first-order valence-corrected chi connectivity index (χ1v) is 6.25. The Bertz CT molecular complexity index is 333. The molecule has 1 aromatic carbocycles. The number of likely N-dealkylation sites (N-methyl/N-ethyl adjacent to an activating group) is 1. The van der Waals surface area contributed by atoms with Crippen molar-refractivity contribution in [2.75, 3.05) is 19.6 Å². The molecular formula is C14H22N2O. The van der Waals surface area contributed by atoms with Gasteiger partial charge in [0.2, 0.25) is 5.91 Å². The van der Waals surface area contributed by atoms with Crippen LogP contribution in [0.3, 0.4) is 0 Å². The predicted molar refractivity (Wildman–Crippen MR) is 70.8 cm³/mol. The van der Waals surface area contributed by atoms with Crippen LogP contribution < -0.4 is 5.32 Å². The van der Waals surface area contributed by atoms with Crippen LogP contribution in [0.1, 0.15) is 32.4 Å². The number of hydrogen-bond donors (Lipinski definition) is 1. The number of carbonyl (C=O) groups is 1. The van der Waals surface area contributed by atoms with E-state index >= 15 is 0 Å². The molecule has 3 heteroatoms. The Labute approximate surface area is 104 Å². The van der Waals surface area contributed by atoms with E-state index in [0.29, 0.717) is 6.54 Å². The number of rotatable bonds is 6. The van der Waals surface area contributed by atoms with Crippen LogP contribution in [-0.2, 0) is 4.79 Å². The number of hydrogen-bond acceptors (Lipinski definition) is 2. The van der Waals surface area contributed by atoms with E-state index in [-0.39, 0.29) is 11.9 Å². The number of amides is 1. The number of carbonyl (C=O) groups excluding carboxylic acids is 1. The fraction of sp³-hybridized carbons (Fsp3) is 0.500. The van der Waals surface area contributed by atoms with Crippen molar-refractivity contribution < 1.29 is 4.79 Å². The van der Waals surface area contributed by atoms with Gasteiger partial charge in [-0.2, -0.15) is 0 Å². The average Bonchev–Trinajstić information content (AvgIpc) is 2.38. The van der Waals surface area contributed by atoms with Gasteiger partial charge in [-0.05, 0) is 26.3 Å². The summed E-state index contributed by atoms with van der Waals surface area (Å²) in [6.07, 6.45) is 0. The van der Waals surface area contributed by atoms with Crippen molar-refractivity contribution >= 4 is 5.91 Å². The Morgan fingerprint density at radius 2 is 1.82 bits per heavy atom. The van der Waals surface area contributed by atoms with Gasteiger partial charge >= 0.3 is 0 Å². The third kappa shape index (κ3) is 4.19. The molecule has 0 saturated heterocycles. The average molecular weight is 234 g/mol. The maximum Gasteiger partial charge on any atom is 0.236 e. The molecule has 1 unspecified atom stereocenters. The first kappa shape index (κ1) is 13.7. The molecule has 0 aliphatic rings. The minimum absolute atomic E-state index is 0.165. The van der Waals surface area contributed by atoms with Gasteiger partial charge < -0.3 is 10.2 Å². The monoisotopic (exact) mass is 234 g/mol. The van der Waals surface area contributed by atoms with Crippen molar-refractivity contribution in [3.8, 4) is 0 Å². The van der Waals surface area contributed by atoms with Crippen molar-refractivity contribution in [2.24, 2.45) is 0 Å². The lowest BCUT2D eigenvalue weighted by atomic mass is 10.1. The predicted octanol–water partition coefficient (Wildman–Crippen LogP) is 2.21. The van der Waals surface area contributed by atoms with Crippen molar-refractivity contribution in [3.05, 3.63) is 35.9 Å².